The second kappa shape index (κ2) is 8.31. The van der Waals surface area contributed by atoms with E-state index < -0.39 is 0 Å². The van der Waals surface area contributed by atoms with Crippen LogP contribution >= 0.6 is 11.8 Å². The fraction of sp³-hybridized carbons (Fsp3) is 0.143. The number of thioether (sulfide) groups is 1. The molecule has 28 heavy (non-hydrogen) atoms. The number of methoxy groups -OCH3 is 1. The van der Waals surface area contributed by atoms with Gasteiger partial charge in [0.1, 0.15) is 17.3 Å². The Kier molecular flexibility index (Phi) is 5.43. The number of nitrogens with zero attached hydrogens (tertiary/aromatic N) is 2. The molecule has 0 saturated carbocycles. The van der Waals surface area contributed by atoms with Gasteiger partial charge in [-0.25, -0.2) is 4.39 Å². The molecule has 0 atom stereocenters. The number of aromatic nitrogens is 2. The molecule has 0 aliphatic heterocycles. The molecule has 2 heterocycles. The van der Waals surface area contributed by atoms with E-state index in [-0.39, 0.29) is 5.82 Å². The van der Waals surface area contributed by atoms with Crippen LogP contribution < -0.4 is 4.74 Å². The zero-order valence-corrected chi connectivity index (χ0v) is 15.9. The first-order chi connectivity index (χ1) is 13.7. The number of furan rings is 1. The van der Waals surface area contributed by atoms with Crippen LogP contribution in [0.5, 0.6) is 5.75 Å². The van der Waals surface area contributed by atoms with E-state index in [0.29, 0.717) is 34.5 Å². The number of ether oxygens (including phenoxy) is 1. The van der Waals surface area contributed by atoms with Gasteiger partial charge >= 0.3 is 0 Å². The van der Waals surface area contributed by atoms with Gasteiger partial charge in [-0.1, -0.05) is 23.4 Å². The highest BCUT2D eigenvalue weighted by molar-refractivity contribution is 7.97. The average molecular weight is 396 g/mol. The van der Waals surface area contributed by atoms with Crippen molar-refractivity contribution in [3.8, 4) is 28.8 Å². The minimum atomic E-state index is -0.188. The van der Waals surface area contributed by atoms with Crippen molar-refractivity contribution in [1.82, 2.24) is 10.1 Å². The lowest BCUT2D eigenvalue weighted by Gasteiger charge is -2.01. The SMILES string of the molecule is COc1ccc(-c2noc(-c3ccc(CSCc4ccccc4F)o3)n2)cc1. The van der Waals surface area contributed by atoms with E-state index in [0.717, 1.165) is 17.1 Å². The molecule has 142 valence electrons. The fourth-order valence-corrected chi connectivity index (χ4v) is 3.54. The van der Waals surface area contributed by atoms with E-state index in [2.05, 4.69) is 10.1 Å². The molecule has 0 saturated heterocycles. The van der Waals surface area contributed by atoms with Gasteiger partial charge in [-0.3, -0.25) is 0 Å². The lowest BCUT2D eigenvalue weighted by molar-refractivity contribution is 0.413. The van der Waals surface area contributed by atoms with Crippen LogP contribution in [0.15, 0.2) is 69.6 Å². The third-order valence-electron chi connectivity index (χ3n) is 4.11. The summed E-state index contributed by atoms with van der Waals surface area (Å²) in [4.78, 5) is 4.39. The number of benzene rings is 2. The van der Waals surface area contributed by atoms with Crippen molar-refractivity contribution in [2.24, 2.45) is 0 Å². The molecule has 2 aromatic carbocycles. The molecule has 0 unspecified atom stereocenters. The molecule has 4 aromatic rings. The molecule has 0 aliphatic carbocycles. The first-order valence-electron chi connectivity index (χ1n) is 8.61. The van der Waals surface area contributed by atoms with Gasteiger partial charge in [-0.15, -0.1) is 11.8 Å². The van der Waals surface area contributed by atoms with E-state index in [9.17, 15) is 4.39 Å². The van der Waals surface area contributed by atoms with E-state index in [1.165, 1.54) is 6.07 Å². The molecule has 0 fully saturated rings. The Hall–Kier alpha value is -3.06. The van der Waals surface area contributed by atoms with Gasteiger partial charge < -0.3 is 13.7 Å². The normalized spacial score (nSPS) is 10.9. The lowest BCUT2D eigenvalue weighted by Crippen LogP contribution is -1.86. The summed E-state index contributed by atoms with van der Waals surface area (Å²) >= 11 is 1.58. The monoisotopic (exact) mass is 396 g/mol. The summed E-state index contributed by atoms with van der Waals surface area (Å²) in [6.45, 7) is 0. The summed E-state index contributed by atoms with van der Waals surface area (Å²) in [5.41, 5.74) is 1.50. The quantitative estimate of drug-likeness (QED) is 0.406. The topological polar surface area (TPSA) is 61.3 Å². The number of hydrogen-bond acceptors (Lipinski definition) is 6. The predicted molar refractivity (Wildman–Crippen MR) is 105 cm³/mol. The van der Waals surface area contributed by atoms with E-state index >= 15 is 0 Å². The molecular weight excluding hydrogens is 379 g/mol. The second-order valence-electron chi connectivity index (χ2n) is 6.00. The van der Waals surface area contributed by atoms with Crippen molar-refractivity contribution in [3.63, 3.8) is 0 Å². The molecule has 2 aromatic heterocycles. The van der Waals surface area contributed by atoms with Crippen molar-refractivity contribution >= 4 is 11.8 Å². The zero-order valence-electron chi connectivity index (χ0n) is 15.1. The molecule has 0 bridgehead atoms. The van der Waals surface area contributed by atoms with Crippen molar-refractivity contribution < 1.29 is 18.1 Å². The lowest BCUT2D eigenvalue weighted by atomic mass is 10.2. The predicted octanol–water partition coefficient (Wildman–Crippen LogP) is 5.58. The highest BCUT2D eigenvalue weighted by atomic mass is 32.2. The molecule has 5 nitrogen and oxygen atoms in total. The minimum Gasteiger partial charge on any atom is -0.497 e. The summed E-state index contributed by atoms with van der Waals surface area (Å²) < 4.78 is 29.9. The largest absolute Gasteiger partial charge is 0.497 e. The van der Waals surface area contributed by atoms with Crippen LogP contribution in [0.3, 0.4) is 0 Å². The highest BCUT2D eigenvalue weighted by Crippen LogP contribution is 2.27. The third-order valence-corrected chi connectivity index (χ3v) is 5.11. The maximum absolute atomic E-state index is 13.7. The average Bonchev–Trinajstić information content (AvgIpc) is 3.39. The first kappa shape index (κ1) is 18.3. The van der Waals surface area contributed by atoms with Crippen molar-refractivity contribution in [2.45, 2.75) is 11.5 Å². The molecule has 4 rings (SSSR count). The summed E-state index contributed by atoms with van der Waals surface area (Å²) in [5.74, 6) is 3.83. The van der Waals surface area contributed by atoms with Gasteiger partial charge in [0.2, 0.25) is 5.82 Å². The first-order valence-corrected chi connectivity index (χ1v) is 9.77. The molecule has 0 aliphatic rings. The van der Waals surface area contributed by atoms with Crippen LogP contribution in [0, 0.1) is 5.82 Å². The maximum Gasteiger partial charge on any atom is 0.293 e. The van der Waals surface area contributed by atoms with E-state index in [1.54, 1.807) is 37.1 Å². The van der Waals surface area contributed by atoms with E-state index in [1.807, 2.05) is 36.4 Å². The van der Waals surface area contributed by atoms with Gasteiger partial charge in [-0.2, -0.15) is 4.98 Å². The van der Waals surface area contributed by atoms with Crippen LogP contribution in [0.1, 0.15) is 11.3 Å². The summed E-state index contributed by atoms with van der Waals surface area (Å²) in [6.07, 6.45) is 0. The van der Waals surface area contributed by atoms with Gasteiger partial charge in [0.25, 0.3) is 5.89 Å². The van der Waals surface area contributed by atoms with Gasteiger partial charge in [0.15, 0.2) is 5.76 Å². The van der Waals surface area contributed by atoms with Crippen molar-refractivity contribution in [3.05, 3.63) is 77.8 Å². The van der Waals surface area contributed by atoms with Crippen LogP contribution in [0.25, 0.3) is 23.0 Å². The summed E-state index contributed by atoms with van der Waals surface area (Å²) in [7, 11) is 1.62. The Labute approximate surface area is 165 Å². The van der Waals surface area contributed by atoms with Crippen LogP contribution in [0.2, 0.25) is 0 Å². The fourth-order valence-electron chi connectivity index (χ4n) is 2.63. The minimum absolute atomic E-state index is 0.188. The highest BCUT2D eigenvalue weighted by Gasteiger charge is 2.14. The number of hydrogen-bond donors (Lipinski definition) is 0. The van der Waals surface area contributed by atoms with Gasteiger partial charge in [0, 0.05) is 11.3 Å². The molecular formula is C21H17FN2O3S. The standard InChI is InChI=1S/C21H17FN2O3S/c1-25-16-8-6-14(7-9-16)20-23-21(27-24-20)19-11-10-17(26-19)13-28-12-15-4-2-3-5-18(15)22/h2-11H,12-13H2,1H3. The Bertz CT molecular complexity index is 1060. The Morgan fingerprint density at radius 1 is 1.00 bits per heavy atom. The van der Waals surface area contributed by atoms with Crippen LogP contribution in [-0.4, -0.2) is 17.3 Å². The molecule has 0 spiro atoms. The zero-order chi connectivity index (χ0) is 19.3. The molecule has 0 amide bonds. The van der Waals surface area contributed by atoms with Crippen molar-refractivity contribution in [1.29, 1.82) is 0 Å². The number of rotatable bonds is 7. The molecule has 0 N–H and O–H groups in total. The summed E-state index contributed by atoms with van der Waals surface area (Å²) in [6, 6.07) is 17.8. The smallest absolute Gasteiger partial charge is 0.293 e. The third kappa shape index (κ3) is 4.09. The summed E-state index contributed by atoms with van der Waals surface area (Å²) in [5, 5.41) is 4.01. The van der Waals surface area contributed by atoms with E-state index in [4.69, 9.17) is 13.7 Å². The molecule has 7 heteroatoms. The van der Waals surface area contributed by atoms with Gasteiger partial charge in [0.05, 0.1) is 12.9 Å². The Morgan fingerprint density at radius 3 is 2.61 bits per heavy atom. The van der Waals surface area contributed by atoms with Crippen molar-refractivity contribution in [2.75, 3.05) is 7.11 Å². The van der Waals surface area contributed by atoms with Gasteiger partial charge in [-0.05, 0) is 48.0 Å². The number of halogens is 1. The maximum atomic E-state index is 13.7. The Balaban J connectivity index is 1.40. The second-order valence-corrected chi connectivity index (χ2v) is 6.99. The van der Waals surface area contributed by atoms with Crippen LogP contribution in [0.4, 0.5) is 4.39 Å². The Morgan fingerprint density at radius 2 is 1.82 bits per heavy atom. The molecule has 0 radical (unpaired) electrons. The van der Waals surface area contributed by atoms with Crippen LogP contribution in [-0.2, 0) is 11.5 Å².